The quantitative estimate of drug-likeness (QED) is 0.196. The van der Waals surface area contributed by atoms with Crippen LogP contribution in [0.2, 0.25) is 0 Å². The third kappa shape index (κ3) is 10.0. The van der Waals surface area contributed by atoms with E-state index in [1.165, 1.54) is 0 Å². The molecule has 0 aromatic heterocycles. The van der Waals surface area contributed by atoms with E-state index < -0.39 is 21.7 Å². The number of hydrogen-bond acceptors (Lipinski definition) is 7. The number of carbonyl (C=O) groups excluding carboxylic acids is 1. The zero-order chi connectivity index (χ0) is 27.7. The van der Waals surface area contributed by atoms with Gasteiger partial charge in [0.15, 0.2) is 5.75 Å². The van der Waals surface area contributed by atoms with Crippen molar-refractivity contribution in [2.75, 3.05) is 36.3 Å². The Kier molecular flexibility index (Phi) is 14.0. The van der Waals surface area contributed by atoms with Crippen LogP contribution >= 0.6 is 24.8 Å². The summed E-state index contributed by atoms with van der Waals surface area (Å²) in [5.74, 6) is -0.480. The van der Waals surface area contributed by atoms with E-state index in [2.05, 4.69) is 0 Å². The molecule has 0 saturated carbocycles. The summed E-state index contributed by atoms with van der Waals surface area (Å²) in [5.41, 5.74) is 7.27. The lowest BCUT2D eigenvalue weighted by atomic mass is 10.1. The summed E-state index contributed by atoms with van der Waals surface area (Å²) in [6.45, 7) is 4.99. The standard InChI is InChI=1S/C27H35N5O5S.2ClH/c1-3-36-26(33)19-38(34,35)32(15-5-7-21-6-4-8-22(18-21)27(29)30)23-9-11-24(12-10-23)37-25-13-16-31(17-14-25)20(2)28;;/h4-12,18,25,28H,3,13-17,19H2,1-2H3,(H3,29,30);2*1H/b7-5+,28-20?;;. The van der Waals surface area contributed by atoms with Crippen LogP contribution in [0.3, 0.4) is 0 Å². The van der Waals surface area contributed by atoms with Gasteiger partial charge in [-0.05, 0) is 49.7 Å². The first kappa shape index (κ1) is 34.7. The highest BCUT2D eigenvalue weighted by molar-refractivity contribution is 7.93. The number of halogens is 2. The Morgan fingerprint density at radius 2 is 1.77 bits per heavy atom. The van der Waals surface area contributed by atoms with Gasteiger partial charge in [0.2, 0.25) is 10.0 Å². The Bertz CT molecular complexity index is 1280. The summed E-state index contributed by atoms with van der Waals surface area (Å²) >= 11 is 0. The molecule has 0 bridgehead atoms. The zero-order valence-corrected chi connectivity index (χ0v) is 25.0. The van der Waals surface area contributed by atoms with Gasteiger partial charge in [0, 0.05) is 31.5 Å². The number of esters is 1. The lowest BCUT2D eigenvalue weighted by Gasteiger charge is -2.32. The maximum atomic E-state index is 13.2. The van der Waals surface area contributed by atoms with Gasteiger partial charge in [-0.25, -0.2) is 8.42 Å². The van der Waals surface area contributed by atoms with Crippen LogP contribution in [0.4, 0.5) is 5.69 Å². The summed E-state index contributed by atoms with van der Waals surface area (Å²) in [6.07, 6.45) is 5.03. The fourth-order valence-electron chi connectivity index (χ4n) is 4.10. The number of sulfonamides is 1. The highest BCUT2D eigenvalue weighted by Crippen LogP contribution is 2.25. The van der Waals surface area contributed by atoms with E-state index in [1.54, 1.807) is 68.5 Å². The molecule has 40 heavy (non-hydrogen) atoms. The fourth-order valence-corrected chi connectivity index (χ4v) is 5.39. The number of ether oxygens (including phenoxy) is 2. The summed E-state index contributed by atoms with van der Waals surface area (Å²) in [7, 11) is -4.04. The maximum absolute atomic E-state index is 13.2. The number of anilines is 1. The van der Waals surface area contributed by atoms with Crippen LogP contribution in [-0.2, 0) is 19.6 Å². The van der Waals surface area contributed by atoms with Crippen LogP contribution in [0, 0.1) is 10.8 Å². The number of carbonyl (C=O) groups is 1. The minimum atomic E-state index is -4.04. The highest BCUT2D eigenvalue weighted by atomic mass is 35.5. The van der Waals surface area contributed by atoms with Crippen molar-refractivity contribution in [3.63, 3.8) is 0 Å². The lowest BCUT2D eigenvalue weighted by Crippen LogP contribution is -2.40. The Hall–Kier alpha value is -3.28. The topological polar surface area (TPSA) is 150 Å². The maximum Gasteiger partial charge on any atom is 0.323 e. The van der Waals surface area contributed by atoms with Gasteiger partial charge >= 0.3 is 5.97 Å². The number of hydrogen-bond donors (Lipinski definition) is 3. The molecule has 1 aliphatic heterocycles. The fraction of sp³-hybridized carbons (Fsp3) is 0.370. The van der Waals surface area contributed by atoms with Crippen molar-refractivity contribution in [3.8, 4) is 5.75 Å². The number of nitrogens with two attached hydrogens (primary N) is 1. The number of likely N-dealkylation sites (tertiary alicyclic amines) is 1. The first-order valence-electron chi connectivity index (χ1n) is 12.4. The lowest BCUT2D eigenvalue weighted by molar-refractivity contribution is -0.139. The molecule has 1 heterocycles. The average Bonchev–Trinajstić information content (AvgIpc) is 2.87. The van der Waals surface area contributed by atoms with Gasteiger partial charge in [-0.2, -0.15) is 0 Å². The first-order valence-corrected chi connectivity index (χ1v) is 14.0. The van der Waals surface area contributed by atoms with Gasteiger partial charge in [-0.15, -0.1) is 24.8 Å². The van der Waals surface area contributed by atoms with Crippen molar-refractivity contribution in [2.24, 2.45) is 5.73 Å². The number of piperidine rings is 1. The van der Waals surface area contributed by atoms with E-state index in [1.807, 2.05) is 11.0 Å². The molecule has 0 amide bonds. The number of amidine groups is 2. The van der Waals surface area contributed by atoms with Crippen LogP contribution in [-0.4, -0.2) is 69.1 Å². The second-order valence-electron chi connectivity index (χ2n) is 8.92. The molecule has 0 unspecified atom stereocenters. The van der Waals surface area contributed by atoms with Crippen molar-refractivity contribution < 1.29 is 22.7 Å². The predicted molar refractivity (Wildman–Crippen MR) is 164 cm³/mol. The molecular weight excluding hydrogens is 577 g/mol. The van der Waals surface area contributed by atoms with Gasteiger partial charge in [0.1, 0.15) is 17.7 Å². The van der Waals surface area contributed by atoms with Crippen molar-refractivity contribution in [3.05, 3.63) is 65.7 Å². The zero-order valence-electron chi connectivity index (χ0n) is 22.5. The van der Waals surface area contributed by atoms with E-state index in [0.717, 1.165) is 35.8 Å². The molecule has 3 rings (SSSR count). The van der Waals surface area contributed by atoms with Gasteiger partial charge < -0.3 is 20.1 Å². The molecule has 0 spiro atoms. The SMILES string of the molecule is CCOC(=O)CS(=O)(=O)N(C/C=C/c1cccc(C(=N)N)c1)c1ccc(OC2CCN(C(C)=N)CC2)cc1.Cl.Cl. The van der Waals surface area contributed by atoms with Gasteiger partial charge in [0.05, 0.1) is 24.7 Å². The normalized spacial score (nSPS) is 13.6. The van der Waals surface area contributed by atoms with Crippen LogP contribution in [0.5, 0.6) is 5.75 Å². The Labute approximate surface area is 248 Å². The van der Waals surface area contributed by atoms with Crippen LogP contribution in [0.25, 0.3) is 6.08 Å². The number of nitrogens with zero attached hydrogens (tertiary/aromatic N) is 2. The Morgan fingerprint density at radius 3 is 2.35 bits per heavy atom. The second-order valence-corrected chi connectivity index (χ2v) is 10.8. The van der Waals surface area contributed by atoms with Crippen molar-refractivity contribution >= 4 is 64.2 Å². The largest absolute Gasteiger partial charge is 0.490 e. The van der Waals surface area contributed by atoms with E-state index in [4.69, 9.17) is 26.0 Å². The summed E-state index contributed by atoms with van der Waals surface area (Å²) in [6, 6.07) is 13.8. The Balaban J connectivity index is 0.00000400. The van der Waals surface area contributed by atoms with Gasteiger partial charge in [-0.3, -0.25) is 19.9 Å². The number of nitrogen functional groups attached to an aromatic ring is 1. The third-order valence-electron chi connectivity index (χ3n) is 6.06. The molecule has 2 aromatic carbocycles. The third-order valence-corrected chi connectivity index (χ3v) is 7.70. The second kappa shape index (κ2) is 16.1. The molecule has 4 N–H and O–H groups in total. The molecule has 0 atom stereocenters. The molecule has 0 radical (unpaired) electrons. The molecule has 220 valence electrons. The molecule has 10 nitrogen and oxygen atoms in total. The van der Waals surface area contributed by atoms with E-state index in [-0.39, 0.29) is 49.9 Å². The summed E-state index contributed by atoms with van der Waals surface area (Å²) in [4.78, 5) is 14.0. The van der Waals surface area contributed by atoms with Gasteiger partial charge in [0.25, 0.3) is 0 Å². The van der Waals surface area contributed by atoms with Crippen LogP contribution in [0.1, 0.15) is 37.8 Å². The summed E-state index contributed by atoms with van der Waals surface area (Å²) in [5, 5.41) is 15.4. The average molecular weight is 615 g/mol. The van der Waals surface area contributed by atoms with Crippen LogP contribution in [0.15, 0.2) is 54.6 Å². The van der Waals surface area contributed by atoms with Gasteiger partial charge in [-0.1, -0.05) is 30.4 Å². The predicted octanol–water partition coefficient (Wildman–Crippen LogP) is 4.07. The molecule has 13 heteroatoms. The molecule has 2 aromatic rings. The van der Waals surface area contributed by atoms with Crippen LogP contribution < -0.4 is 14.8 Å². The van der Waals surface area contributed by atoms with E-state index in [0.29, 0.717) is 22.8 Å². The minimum absolute atomic E-state index is 0. The molecule has 1 fully saturated rings. The number of nitrogens with one attached hydrogen (secondary N) is 2. The minimum Gasteiger partial charge on any atom is -0.490 e. The van der Waals surface area contributed by atoms with E-state index >= 15 is 0 Å². The Morgan fingerprint density at radius 1 is 1.12 bits per heavy atom. The molecule has 1 aliphatic rings. The van der Waals surface area contributed by atoms with Crippen molar-refractivity contribution in [1.82, 2.24) is 4.90 Å². The molecule has 1 saturated heterocycles. The molecule has 0 aliphatic carbocycles. The van der Waals surface area contributed by atoms with Crippen molar-refractivity contribution in [1.29, 1.82) is 10.8 Å². The highest BCUT2D eigenvalue weighted by Gasteiger charge is 2.26. The van der Waals surface area contributed by atoms with Crippen molar-refractivity contribution in [2.45, 2.75) is 32.8 Å². The first-order chi connectivity index (χ1) is 18.1. The number of benzene rings is 2. The van der Waals surface area contributed by atoms with E-state index in [9.17, 15) is 13.2 Å². The number of rotatable bonds is 11. The monoisotopic (exact) mass is 613 g/mol. The molecular formula is C27H37Cl2N5O5S. The summed E-state index contributed by atoms with van der Waals surface area (Å²) < 4.78 is 38.5. The smallest absolute Gasteiger partial charge is 0.323 e.